The Hall–Kier alpha value is -2.36. The fraction of sp³-hybridized carbons (Fsp3) is 0.158. The van der Waals surface area contributed by atoms with Crippen molar-refractivity contribution in [2.75, 3.05) is 24.8 Å². The molecule has 2 aromatic carbocycles. The molecule has 0 saturated carbocycles. The van der Waals surface area contributed by atoms with Crippen molar-refractivity contribution in [3.63, 3.8) is 0 Å². The van der Waals surface area contributed by atoms with Gasteiger partial charge in [-0.25, -0.2) is 0 Å². The molecule has 0 saturated heterocycles. The molecule has 0 amide bonds. The number of nitriles is 1. The Morgan fingerprint density at radius 1 is 1.24 bits per heavy atom. The standard InChI is InChI=1S/C19H16N2O2S2/c1-21-16-5-3-4-6-18(16)25-19(21)15(11-20)17(22)12-24-14-9-7-13(23-2)8-10-14/h3-10H,12H2,1-2H3/b19-15-. The van der Waals surface area contributed by atoms with Crippen molar-refractivity contribution >= 4 is 35.0 Å². The number of ketones is 1. The highest BCUT2D eigenvalue weighted by Gasteiger charge is 2.27. The van der Waals surface area contributed by atoms with Gasteiger partial charge in [-0.05, 0) is 36.4 Å². The lowest BCUT2D eigenvalue weighted by Crippen LogP contribution is -2.16. The Bertz CT molecular complexity index is 870. The molecule has 0 radical (unpaired) electrons. The van der Waals surface area contributed by atoms with Crippen molar-refractivity contribution in [1.29, 1.82) is 5.26 Å². The zero-order valence-corrected chi connectivity index (χ0v) is 15.5. The van der Waals surface area contributed by atoms with Crippen LogP contribution in [0, 0.1) is 11.3 Å². The number of anilines is 1. The van der Waals surface area contributed by atoms with Crippen molar-refractivity contribution in [2.45, 2.75) is 9.79 Å². The molecule has 6 heteroatoms. The van der Waals surface area contributed by atoms with E-state index in [0.717, 1.165) is 21.2 Å². The number of para-hydroxylation sites is 1. The molecular weight excluding hydrogens is 352 g/mol. The summed E-state index contributed by atoms with van der Waals surface area (Å²) in [5.74, 6) is 0.839. The van der Waals surface area contributed by atoms with Crippen LogP contribution >= 0.6 is 23.5 Å². The number of nitrogens with zero attached hydrogens (tertiary/aromatic N) is 2. The zero-order chi connectivity index (χ0) is 17.8. The number of benzene rings is 2. The number of hydrogen-bond acceptors (Lipinski definition) is 6. The van der Waals surface area contributed by atoms with Gasteiger partial charge in [0.1, 0.15) is 22.4 Å². The lowest BCUT2D eigenvalue weighted by molar-refractivity contribution is -0.112. The Morgan fingerprint density at radius 2 is 1.96 bits per heavy atom. The number of hydrogen-bond donors (Lipinski definition) is 0. The molecule has 25 heavy (non-hydrogen) atoms. The second kappa shape index (κ2) is 7.68. The van der Waals surface area contributed by atoms with E-state index in [1.807, 2.05) is 60.5 Å². The number of Topliss-reactive ketones (excluding diaryl/α,β-unsaturated/α-hetero) is 1. The second-order valence-corrected chi connectivity index (χ2v) is 7.39. The van der Waals surface area contributed by atoms with Crippen LogP contribution < -0.4 is 9.64 Å². The van der Waals surface area contributed by atoms with E-state index in [1.165, 1.54) is 23.5 Å². The fourth-order valence-electron chi connectivity index (χ4n) is 2.44. The molecule has 126 valence electrons. The lowest BCUT2D eigenvalue weighted by Gasteiger charge is -2.14. The highest BCUT2D eigenvalue weighted by Crippen LogP contribution is 2.46. The van der Waals surface area contributed by atoms with Crippen LogP contribution in [0.1, 0.15) is 0 Å². The van der Waals surface area contributed by atoms with Gasteiger partial charge < -0.3 is 9.64 Å². The maximum absolute atomic E-state index is 12.6. The summed E-state index contributed by atoms with van der Waals surface area (Å²) in [7, 11) is 3.50. The first kappa shape index (κ1) is 17.5. The maximum Gasteiger partial charge on any atom is 0.186 e. The van der Waals surface area contributed by atoms with Crippen LogP contribution in [0.15, 0.2) is 68.9 Å². The molecule has 3 rings (SSSR count). The van der Waals surface area contributed by atoms with E-state index in [2.05, 4.69) is 6.07 Å². The first-order valence-electron chi connectivity index (χ1n) is 7.59. The summed E-state index contributed by atoms with van der Waals surface area (Å²) in [6, 6.07) is 17.5. The summed E-state index contributed by atoms with van der Waals surface area (Å²) >= 11 is 2.89. The van der Waals surface area contributed by atoms with Crippen molar-refractivity contribution in [3.8, 4) is 11.8 Å². The van der Waals surface area contributed by atoms with Crippen LogP contribution in [0.4, 0.5) is 5.69 Å². The third kappa shape index (κ3) is 3.68. The molecule has 1 heterocycles. The van der Waals surface area contributed by atoms with Gasteiger partial charge in [0, 0.05) is 16.8 Å². The van der Waals surface area contributed by atoms with E-state index in [0.29, 0.717) is 5.03 Å². The van der Waals surface area contributed by atoms with Gasteiger partial charge in [-0.2, -0.15) is 5.26 Å². The van der Waals surface area contributed by atoms with Crippen molar-refractivity contribution < 1.29 is 9.53 Å². The molecule has 0 spiro atoms. The van der Waals surface area contributed by atoms with Crippen molar-refractivity contribution in [2.24, 2.45) is 0 Å². The van der Waals surface area contributed by atoms with Crippen molar-refractivity contribution in [3.05, 3.63) is 59.1 Å². The van der Waals surface area contributed by atoms with Gasteiger partial charge in [-0.1, -0.05) is 23.9 Å². The molecule has 1 aliphatic heterocycles. The van der Waals surface area contributed by atoms with Gasteiger partial charge >= 0.3 is 0 Å². The minimum Gasteiger partial charge on any atom is -0.497 e. The Balaban J connectivity index is 1.75. The third-order valence-electron chi connectivity index (χ3n) is 3.77. The first-order chi connectivity index (χ1) is 12.1. The number of fused-ring (bicyclic) bond motifs is 1. The summed E-state index contributed by atoms with van der Waals surface area (Å²) in [5, 5.41) is 10.2. The molecule has 1 aliphatic rings. The van der Waals surface area contributed by atoms with Crippen LogP contribution in [0.5, 0.6) is 5.75 Å². The van der Waals surface area contributed by atoms with Gasteiger partial charge in [0.25, 0.3) is 0 Å². The van der Waals surface area contributed by atoms with Gasteiger partial charge in [0.15, 0.2) is 5.78 Å². The molecule has 0 aromatic heterocycles. The number of thioether (sulfide) groups is 2. The quantitative estimate of drug-likeness (QED) is 0.445. The molecule has 0 bridgehead atoms. The van der Waals surface area contributed by atoms with Crippen molar-refractivity contribution in [1.82, 2.24) is 0 Å². The third-order valence-corrected chi connectivity index (χ3v) is 6.02. The second-order valence-electron chi connectivity index (χ2n) is 5.31. The smallest absolute Gasteiger partial charge is 0.186 e. The van der Waals surface area contributed by atoms with Crippen LogP contribution in [0.3, 0.4) is 0 Å². The highest BCUT2D eigenvalue weighted by molar-refractivity contribution is 8.03. The predicted octanol–water partition coefficient (Wildman–Crippen LogP) is 4.33. The molecule has 0 fully saturated rings. The van der Waals surface area contributed by atoms with Gasteiger partial charge in [0.05, 0.1) is 18.6 Å². The van der Waals surface area contributed by atoms with Gasteiger partial charge in [-0.3, -0.25) is 4.79 Å². The fourth-order valence-corrected chi connectivity index (χ4v) is 4.38. The van der Waals surface area contributed by atoms with E-state index in [1.54, 1.807) is 7.11 Å². The number of methoxy groups -OCH3 is 1. The topological polar surface area (TPSA) is 53.3 Å². The minimum atomic E-state index is -0.162. The molecule has 0 unspecified atom stereocenters. The molecule has 2 aromatic rings. The summed E-state index contributed by atoms with van der Waals surface area (Å²) < 4.78 is 5.13. The highest BCUT2D eigenvalue weighted by atomic mass is 32.2. The summed E-state index contributed by atoms with van der Waals surface area (Å²) in [4.78, 5) is 16.5. The van der Waals surface area contributed by atoms with Crippen LogP contribution in [-0.2, 0) is 4.79 Å². The summed E-state index contributed by atoms with van der Waals surface area (Å²) in [5.41, 5.74) is 1.23. The van der Waals surface area contributed by atoms with E-state index in [9.17, 15) is 10.1 Å². The molecule has 0 atom stereocenters. The Labute approximate surface area is 155 Å². The largest absolute Gasteiger partial charge is 0.497 e. The van der Waals surface area contributed by atoms with Crippen LogP contribution in [0.2, 0.25) is 0 Å². The van der Waals surface area contributed by atoms with E-state index in [4.69, 9.17) is 4.74 Å². The number of rotatable bonds is 5. The number of carbonyl (C=O) groups excluding carboxylic acids is 1. The molecule has 0 N–H and O–H groups in total. The van der Waals surface area contributed by atoms with Gasteiger partial charge in [0.2, 0.25) is 0 Å². The summed E-state index contributed by atoms with van der Waals surface area (Å²) in [6.07, 6.45) is 0. The van der Waals surface area contributed by atoms with E-state index in [-0.39, 0.29) is 17.1 Å². The monoisotopic (exact) mass is 368 g/mol. The van der Waals surface area contributed by atoms with Crippen LogP contribution in [-0.4, -0.2) is 25.7 Å². The van der Waals surface area contributed by atoms with Gasteiger partial charge in [-0.15, -0.1) is 11.8 Å². The lowest BCUT2D eigenvalue weighted by atomic mass is 10.2. The minimum absolute atomic E-state index is 0.162. The molecular formula is C19H16N2O2S2. The Kier molecular flexibility index (Phi) is 5.37. The van der Waals surface area contributed by atoms with E-state index < -0.39 is 0 Å². The Morgan fingerprint density at radius 3 is 2.60 bits per heavy atom. The number of ether oxygens (including phenoxy) is 1. The average Bonchev–Trinajstić information content (AvgIpc) is 2.98. The summed E-state index contributed by atoms with van der Waals surface area (Å²) in [6.45, 7) is 0. The first-order valence-corrected chi connectivity index (χ1v) is 9.39. The normalized spacial score (nSPS) is 14.7. The molecule has 0 aliphatic carbocycles. The average molecular weight is 368 g/mol. The number of carbonyl (C=O) groups is 1. The SMILES string of the molecule is COc1ccc(SCC(=O)/C(C#N)=C2\Sc3ccccc3N2C)cc1. The van der Waals surface area contributed by atoms with Crippen LogP contribution in [0.25, 0.3) is 0 Å². The number of allylic oxidation sites excluding steroid dienone is 1. The maximum atomic E-state index is 12.6. The van der Waals surface area contributed by atoms with E-state index >= 15 is 0 Å². The molecule has 4 nitrogen and oxygen atoms in total. The zero-order valence-electron chi connectivity index (χ0n) is 13.9. The predicted molar refractivity (Wildman–Crippen MR) is 102 cm³/mol.